The fourth-order valence-corrected chi connectivity index (χ4v) is 3.73. The lowest BCUT2D eigenvalue weighted by molar-refractivity contribution is -0.384. The van der Waals surface area contributed by atoms with Crippen LogP contribution in [-0.4, -0.2) is 45.8 Å². The summed E-state index contributed by atoms with van der Waals surface area (Å²) in [7, 11) is 0. The molecule has 0 radical (unpaired) electrons. The Labute approximate surface area is 183 Å². The molecule has 1 aromatic heterocycles. The molecule has 1 aromatic carbocycles. The van der Waals surface area contributed by atoms with Gasteiger partial charge in [0.15, 0.2) is 0 Å². The summed E-state index contributed by atoms with van der Waals surface area (Å²) in [5.74, 6) is -0.529. The molecule has 1 atom stereocenters. The predicted octanol–water partition coefficient (Wildman–Crippen LogP) is 3.71. The summed E-state index contributed by atoms with van der Waals surface area (Å²) in [6.07, 6.45) is 4.73. The summed E-state index contributed by atoms with van der Waals surface area (Å²) in [6, 6.07) is 8.01. The number of nitro benzene ring substituents is 1. The fraction of sp³-hybridized carbons (Fsp3) is 0.381. The molecule has 9 nitrogen and oxygen atoms in total. The molecule has 2 heterocycles. The van der Waals surface area contributed by atoms with Crippen LogP contribution in [0.4, 0.5) is 17.2 Å². The van der Waals surface area contributed by atoms with E-state index in [2.05, 4.69) is 15.6 Å². The van der Waals surface area contributed by atoms with Crippen molar-refractivity contribution in [2.45, 2.75) is 31.7 Å². The Morgan fingerprint density at radius 3 is 2.68 bits per heavy atom. The number of carbonyl (C=O) groups excluding carboxylic acids is 2. The maximum Gasteiger partial charge on any atom is 0.293 e. The average molecular weight is 444 g/mol. The zero-order chi connectivity index (χ0) is 22.0. The van der Waals surface area contributed by atoms with Crippen molar-refractivity contribution in [1.82, 2.24) is 9.88 Å². The second-order valence-electron chi connectivity index (χ2n) is 7.85. The first-order valence-corrected chi connectivity index (χ1v) is 10.5. The van der Waals surface area contributed by atoms with Crippen LogP contribution in [0.15, 0.2) is 36.5 Å². The van der Waals surface area contributed by atoms with Crippen molar-refractivity contribution in [2.24, 2.45) is 5.92 Å². The van der Waals surface area contributed by atoms with E-state index < -0.39 is 4.92 Å². The minimum absolute atomic E-state index is 0.113. The van der Waals surface area contributed by atoms with Gasteiger partial charge in [-0.1, -0.05) is 11.6 Å². The SMILES string of the molecule is O=C(Nc1ccc(Cl)cn1)C1CCCN(C(=O)c2ccc(NC3CC3)c([N+](=O)[O-])c2)C1. The van der Waals surface area contributed by atoms with E-state index in [1.807, 2.05) is 0 Å². The molecule has 10 heteroatoms. The highest BCUT2D eigenvalue weighted by Crippen LogP contribution is 2.32. The van der Waals surface area contributed by atoms with Gasteiger partial charge in [0.2, 0.25) is 5.91 Å². The Hall–Kier alpha value is -3.20. The number of carbonyl (C=O) groups is 2. The summed E-state index contributed by atoms with van der Waals surface area (Å²) in [6.45, 7) is 0.742. The topological polar surface area (TPSA) is 117 Å². The first-order valence-electron chi connectivity index (χ1n) is 10.2. The van der Waals surface area contributed by atoms with Crippen molar-refractivity contribution in [3.05, 3.63) is 57.2 Å². The lowest BCUT2D eigenvalue weighted by Crippen LogP contribution is -2.43. The molecule has 1 aliphatic heterocycles. The molecule has 162 valence electrons. The van der Waals surface area contributed by atoms with Gasteiger partial charge >= 0.3 is 0 Å². The van der Waals surface area contributed by atoms with Gasteiger partial charge in [-0.25, -0.2) is 4.98 Å². The standard InChI is InChI=1S/C21H22ClN5O4/c22-15-4-8-19(23-11-15)25-20(28)14-2-1-9-26(12-14)21(29)13-3-7-17(24-16-5-6-16)18(10-13)27(30)31/h3-4,7-8,10-11,14,16,24H,1-2,5-6,9,12H2,(H,23,25,28). The monoisotopic (exact) mass is 443 g/mol. The summed E-state index contributed by atoms with van der Waals surface area (Å²) in [5, 5.41) is 17.8. The third kappa shape index (κ3) is 5.11. The molecule has 2 N–H and O–H groups in total. The molecule has 2 fully saturated rings. The number of amides is 2. The Bertz CT molecular complexity index is 1010. The minimum atomic E-state index is -0.479. The molecule has 1 unspecified atom stereocenters. The van der Waals surface area contributed by atoms with Gasteiger partial charge in [-0.2, -0.15) is 0 Å². The Kier molecular flexibility index (Phi) is 6.03. The number of likely N-dealkylation sites (tertiary alicyclic amines) is 1. The second kappa shape index (κ2) is 8.89. The van der Waals surface area contributed by atoms with E-state index in [-0.39, 0.29) is 41.6 Å². The molecule has 2 aromatic rings. The number of nitro groups is 1. The molecular weight excluding hydrogens is 422 g/mol. The van der Waals surface area contributed by atoms with Gasteiger partial charge in [0.1, 0.15) is 11.5 Å². The number of halogens is 1. The first kappa shape index (κ1) is 21.0. The molecule has 0 bridgehead atoms. The fourth-order valence-electron chi connectivity index (χ4n) is 3.62. The number of pyridine rings is 1. The summed E-state index contributed by atoms with van der Waals surface area (Å²) < 4.78 is 0. The number of piperidine rings is 1. The Morgan fingerprint density at radius 2 is 2.00 bits per heavy atom. The van der Waals surface area contributed by atoms with Crippen LogP contribution < -0.4 is 10.6 Å². The van der Waals surface area contributed by atoms with Crippen molar-refractivity contribution in [3.63, 3.8) is 0 Å². The molecule has 1 aliphatic carbocycles. The number of benzene rings is 1. The summed E-state index contributed by atoms with van der Waals surface area (Å²) >= 11 is 5.81. The molecule has 1 saturated carbocycles. The minimum Gasteiger partial charge on any atom is -0.377 e. The molecule has 4 rings (SSSR count). The Morgan fingerprint density at radius 1 is 1.19 bits per heavy atom. The first-order chi connectivity index (χ1) is 14.9. The van der Waals surface area contributed by atoms with Crippen LogP contribution >= 0.6 is 11.6 Å². The zero-order valence-electron chi connectivity index (χ0n) is 16.7. The van der Waals surface area contributed by atoms with E-state index in [1.165, 1.54) is 12.3 Å². The summed E-state index contributed by atoms with van der Waals surface area (Å²) in [5.41, 5.74) is 0.557. The lowest BCUT2D eigenvalue weighted by Gasteiger charge is -2.32. The maximum atomic E-state index is 13.0. The van der Waals surface area contributed by atoms with Gasteiger partial charge in [-0.15, -0.1) is 0 Å². The van der Waals surface area contributed by atoms with E-state index in [0.29, 0.717) is 35.9 Å². The second-order valence-corrected chi connectivity index (χ2v) is 8.29. The number of nitrogens with one attached hydrogen (secondary N) is 2. The van der Waals surface area contributed by atoms with Crippen LogP contribution in [0.2, 0.25) is 5.02 Å². The highest BCUT2D eigenvalue weighted by atomic mass is 35.5. The van der Waals surface area contributed by atoms with Crippen molar-refractivity contribution in [2.75, 3.05) is 23.7 Å². The number of rotatable bonds is 6. The van der Waals surface area contributed by atoms with E-state index in [4.69, 9.17) is 11.6 Å². The molecule has 31 heavy (non-hydrogen) atoms. The highest BCUT2D eigenvalue weighted by molar-refractivity contribution is 6.30. The van der Waals surface area contributed by atoms with Crippen molar-refractivity contribution in [1.29, 1.82) is 0 Å². The van der Waals surface area contributed by atoms with Crippen molar-refractivity contribution < 1.29 is 14.5 Å². The zero-order valence-corrected chi connectivity index (χ0v) is 17.5. The molecule has 2 aliphatic rings. The summed E-state index contributed by atoms with van der Waals surface area (Å²) in [4.78, 5) is 42.3. The number of hydrogen-bond donors (Lipinski definition) is 2. The molecule has 0 spiro atoms. The van der Waals surface area contributed by atoms with Crippen molar-refractivity contribution >= 4 is 40.6 Å². The Balaban J connectivity index is 1.44. The number of anilines is 2. The highest BCUT2D eigenvalue weighted by Gasteiger charge is 2.31. The third-order valence-electron chi connectivity index (χ3n) is 5.44. The number of aromatic nitrogens is 1. The van der Waals surface area contributed by atoms with E-state index >= 15 is 0 Å². The molecule has 2 amide bonds. The average Bonchev–Trinajstić information content (AvgIpc) is 3.59. The van der Waals surface area contributed by atoms with Gasteiger partial charge < -0.3 is 15.5 Å². The maximum absolute atomic E-state index is 13.0. The van der Waals surface area contributed by atoms with E-state index in [1.54, 1.807) is 29.2 Å². The number of nitrogens with zero attached hydrogens (tertiary/aromatic N) is 3. The van der Waals surface area contributed by atoms with Crippen LogP contribution in [0, 0.1) is 16.0 Å². The van der Waals surface area contributed by atoms with Crippen LogP contribution in [-0.2, 0) is 4.79 Å². The molecule has 1 saturated heterocycles. The largest absolute Gasteiger partial charge is 0.377 e. The van der Waals surface area contributed by atoms with Gasteiger partial charge in [-0.05, 0) is 49.9 Å². The van der Waals surface area contributed by atoms with Crippen LogP contribution in [0.1, 0.15) is 36.0 Å². The van der Waals surface area contributed by atoms with Gasteiger partial charge in [0.05, 0.1) is 15.9 Å². The van der Waals surface area contributed by atoms with E-state index in [0.717, 1.165) is 12.8 Å². The normalized spacial score (nSPS) is 18.4. The van der Waals surface area contributed by atoms with Crippen molar-refractivity contribution in [3.8, 4) is 0 Å². The quantitative estimate of drug-likeness (QED) is 0.519. The van der Waals surface area contributed by atoms with Gasteiger partial charge in [-0.3, -0.25) is 19.7 Å². The predicted molar refractivity (Wildman–Crippen MR) is 116 cm³/mol. The number of hydrogen-bond acceptors (Lipinski definition) is 6. The molecular formula is C21H22ClN5O4. The van der Waals surface area contributed by atoms with Crippen LogP contribution in [0.3, 0.4) is 0 Å². The van der Waals surface area contributed by atoms with Crippen LogP contribution in [0.25, 0.3) is 0 Å². The lowest BCUT2D eigenvalue weighted by atomic mass is 9.96. The van der Waals surface area contributed by atoms with E-state index in [9.17, 15) is 19.7 Å². The van der Waals surface area contributed by atoms with Gasteiger partial charge in [0, 0.05) is 37.0 Å². The van der Waals surface area contributed by atoms with Gasteiger partial charge in [0.25, 0.3) is 11.6 Å². The third-order valence-corrected chi connectivity index (χ3v) is 5.66. The smallest absolute Gasteiger partial charge is 0.293 e. The van der Waals surface area contributed by atoms with Crippen LogP contribution in [0.5, 0.6) is 0 Å².